The number of fused-ring (bicyclic) bond motifs is 3. The molecule has 6 rings (SSSR count). The number of halogens is 2. The molecule has 0 radical (unpaired) electrons. The Labute approximate surface area is 222 Å². The van der Waals surface area contributed by atoms with Gasteiger partial charge in [-0.05, 0) is 30.3 Å². The molecule has 0 atom stereocenters. The first-order valence-electron chi connectivity index (χ1n) is 12.3. The van der Waals surface area contributed by atoms with Crippen molar-refractivity contribution in [2.45, 2.75) is 25.0 Å². The Bertz CT molecular complexity index is 1610. The van der Waals surface area contributed by atoms with Crippen LogP contribution in [0, 0.1) is 5.82 Å². The van der Waals surface area contributed by atoms with E-state index < -0.39 is 23.3 Å². The van der Waals surface area contributed by atoms with Crippen LogP contribution in [0.15, 0.2) is 72.9 Å². The van der Waals surface area contributed by atoms with Crippen LogP contribution in [-0.4, -0.2) is 40.3 Å². The summed E-state index contributed by atoms with van der Waals surface area (Å²) >= 11 is 6.24. The Morgan fingerprint density at radius 2 is 1.74 bits per heavy atom. The van der Waals surface area contributed by atoms with E-state index in [1.54, 1.807) is 39.9 Å². The summed E-state index contributed by atoms with van der Waals surface area (Å²) in [6.45, 7) is 0.623. The lowest BCUT2D eigenvalue weighted by molar-refractivity contribution is -0.0331. The number of benzene rings is 3. The molecule has 38 heavy (non-hydrogen) atoms. The van der Waals surface area contributed by atoms with E-state index in [0.29, 0.717) is 47.4 Å². The normalized spacial score (nSPS) is 16.2. The van der Waals surface area contributed by atoms with Crippen molar-refractivity contribution in [2.75, 3.05) is 18.4 Å². The van der Waals surface area contributed by atoms with Crippen molar-refractivity contribution in [3.8, 4) is 0 Å². The van der Waals surface area contributed by atoms with Crippen LogP contribution in [0.1, 0.15) is 39.1 Å². The van der Waals surface area contributed by atoms with Gasteiger partial charge in [0.15, 0.2) is 5.78 Å². The topological polar surface area (TPSA) is 80.6 Å². The molecule has 0 saturated carbocycles. The summed E-state index contributed by atoms with van der Waals surface area (Å²) in [5.74, 6) is -1.20. The van der Waals surface area contributed by atoms with Crippen molar-refractivity contribution in [1.29, 1.82) is 0 Å². The SMILES string of the molecule is O=C1Nc2ccccc2C2(CCN(C(=O)c3cn(CC(=O)c4ccccc4F)c4cc(Cl)ccc34)CC2)O1. The Balaban J connectivity index is 1.28. The maximum absolute atomic E-state index is 14.2. The predicted octanol–water partition coefficient (Wildman–Crippen LogP) is 6.01. The highest BCUT2D eigenvalue weighted by atomic mass is 35.5. The maximum Gasteiger partial charge on any atom is 0.412 e. The lowest BCUT2D eigenvalue weighted by Gasteiger charge is -2.44. The van der Waals surface area contributed by atoms with Gasteiger partial charge in [-0.3, -0.25) is 14.9 Å². The summed E-state index contributed by atoms with van der Waals surface area (Å²) < 4.78 is 21.6. The Morgan fingerprint density at radius 3 is 2.53 bits per heavy atom. The second-order valence-electron chi connectivity index (χ2n) is 9.58. The van der Waals surface area contributed by atoms with Gasteiger partial charge in [0.2, 0.25) is 0 Å². The van der Waals surface area contributed by atoms with E-state index in [1.165, 1.54) is 18.2 Å². The number of ketones is 1. The minimum absolute atomic E-state index is 0.0117. The third-order valence-corrected chi connectivity index (χ3v) is 7.60. The van der Waals surface area contributed by atoms with Gasteiger partial charge in [0.1, 0.15) is 11.4 Å². The van der Waals surface area contributed by atoms with Crippen LogP contribution in [0.2, 0.25) is 5.02 Å². The average Bonchev–Trinajstić information content (AvgIpc) is 3.26. The van der Waals surface area contributed by atoms with Crippen molar-refractivity contribution < 1.29 is 23.5 Å². The van der Waals surface area contributed by atoms with Gasteiger partial charge in [-0.15, -0.1) is 0 Å². The fraction of sp³-hybridized carbons (Fsp3) is 0.207. The van der Waals surface area contributed by atoms with Crippen LogP contribution in [0.5, 0.6) is 0 Å². The highest BCUT2D eigenvalue weighted by molar-refractivity contribution is 6.31. The first-order chi connectivity index (χ1) is 18.3. The standard InChI is InChI=1S/C29H23ClFN3O4/c30-18-9-10-19-21(16-34(25(19)15-18)17-26(35)20-5-1-3-7-23(20)31)27(36)33-13-11-29(12-14-33)22-6-2-4-8-24(22)32-28(37)38-29/h1-10,15-16H,11-14,17H2,(H,32,37). The second-order valence-corrected chi connectivity index (χ2v) is 10.0. The Morgan fingerprint density at radius 1 is 1.00 bits per heavy atom. The number of carbonyl (C=O) groups excluding carboxylic acids is 3. The van der Waals surface area contributed by atoms with Gasteiger partial charge >= 0.3 is 6.09 Å². The number of aromatic nitrogens is 1. The molecule has 2 amide bonds. The Kier molecular flexibility index (Phi) is 5.91. The first-order valence-corrected chi connectivity index (χ1v) is 12.7. The van der Waals surface area contributed by atoms with Crippen molar-refractivity contribution in [3.63, 3.8) is 0 Å². The lowest BCUT2D eigenvalue weighted by atomic mass is 9.82. The second kappa shape index (κ2) is 9.29. The zero-order valence-electron chi connectivity index (χ0n) is 20.2. The number of hydrogen-bond acceptors (Lipinski definition) is 4. The van der Waals surface area contributed by atoms with Gasteiger partial charge in [0.25, 0.3) is 5.91 Å². The highest BCUT2D eigenvalue weighted by Gasteiger charge is 2.45. The average molecular weight is 532 g/mol. The van der Waals surface area contributed by atoms with Crippen molar-refractivity contribution in [2.24, 2.45) is 0 Å². The number of rotatable bonds is 4. The summed E-state index contributed by atoms with van der Waals surface area (Å²) in [6, 6.07) is 18.5. The van der Waals surface area contributed by atoms with Crippen LogP contribution >= 0.6 is 11.6 Å². The molecule has 1 N–H and O–H groups in total. The van der Waals surface area contributed by atoms with Gasteiger partial charge in [0.05, 0.1) is 28.9 Å². The summed E-state index contributed by atoms with van der Waals surface area (Å²) in [5.41, 5.74) is 1.87. The quantitative estimate of drug-likeness (QED) is 0.327. The third-order valence-electron chi connectivity index (χ3n) is 7.36. The minimum atomic E-state index is -0.788. The number of likely N-dealkylation sites (tertiary alicyclic amines) is 1. The van der Waals surface area contributed by atoms with Crippen LogP contribution in [0.25, 0.3) is 10.9 Å². The fourth-order valence-corrected chi connectivity index (χ4v) is 5.63. The molecule has 4 aromatic rings. The molecule has 2 aliphatic rings. The van der Waals surface area contributed by atoms with Gasteiger partial charge in [-0.2, -0.15) is 0 Å². The van der Waals surface area contributed by atoms with E-state index in [1.807, 2.05) is 24.3 Å². The van der Waals surface area contributed by atoms with Crippen LogP contribution < -0.4 is 5.32 Å². The first kappa shape index (κ1) is 24.2. The molecule has 7 nitrogen and oxygen atoms in total. The molecular formula is C29H23ClFN3O4. The van der Waals surface area contributed by atoms with E-state index in [-0.39, 0.29) is 18.0 Å². The molecule has 2 aliphatic heterocycles. The van der Waals surface area contributed by atoms with Gasteiger partial charge in [-0.25, -0.2) is 9.18 Å². The minimum Gasteiger partial charge on any atom is -0.438 e. The summed E-state index contributed by atoms with van der Waals surface area (Å²) in [7, 11) is 0. The maximum atomic E-state index is 14.2. The van der Waals surface area contributed by atoms with Crippen LogP contribution in [0.3, 0.4) is 0 Å². The number of hydrogen-bond donors (Lipinski definition) is 1. The zero-order valence-corrected chi connectivity index (χ0v) is 21.0. The van der Waals surface area contributed by atoms with E-state index in [2.05, 4.69) is 5.32 Å². The van der Waals surface area contributed by atoms with E-state index in [4.69, 9.17) is 16.3 Å². The van der Waals surface area contributed by atoms with Crippen LogP contribution in [0.4, 0.5) is 14.9 Å². The van der Waals surface area contributed by atoms with Crippen LogP contribution in [-0.2, 0) is 16.9 Å². The molecule has 9 heteroatoms. The largest absolute Gasteiger partial charge is 0.438 e. The Hall–Kier alpha value is -4.17. The molecule has 0 aliphatic carbocycles. The predicted molar refractivity (Wildman–Crippen MR) is 141 cm³/mol. The van der Waals surface area contributed by atoms with E-state index >= 15 is 0 Å². The number of ether oxygens (including phenoxy) is 1. The number of anilines is 1. The highest BCUT2D eigenvalue weighted by Crippen LogP contribution is 2.43. The number of nitrogens with zero attached hydrogens (tertiary/aromatic N) is 2. The number of nitrogens with one attached hydrogen (secondary N) is 1. The third kappa shape index (κ3) is 4.11. The smallest absolute Gasteiger partial charge is 0.412 e. The summed E-state index contributed by atoms with van der Waals surface area (Å²) in [6.07, 6.45) is 2.05. The number of carbonyl (C=O) groups is 3. The van der Waals surface area contributed by atoms with Gasteiger partial charge < -0.3 is 14.2 Å². The number of amides is 2. The number of para-hydroxylation sites is 1. The monoisotopic (exact) mass is 531 g/mol. The molecule has 1 spiro atoms. The molecule has 1 aromatic heterocycles. The summed E-state index contributed by atoms with van der Waals surface area (Å²) in [5, 5.41) is 3.85. The molecule has 3 aromatic carbocycles. The van der Waals surface area contributed by atoms with Crippen molar-refractivity contribution >= 4 is 46.0 Å². The van der Waals surface area contributed by atoms with Gasteiger partial charge in [0, 0.05) is 48.1 Å². The molecule has 1 fully saturated rings. The molecule has 1 saturated heterocycles. The van der Waals surface area contributed by atoms with E-state index in [0.717, 1.165) is 11.3 Å². The van der Waals surface area contributed by atoms with Crippen molar-refractivity contribution in [1.82, 2.24) is 9.47 Å². The zero-order chi connectivity index (χ0) is 26.4. The molecular weight excluding hydrogens is 509 g/mol. The fourth-order valence-electron chi connectivity index (χ4n) is 5.46. The molecule has 3 heterocycles. The number of piperidine rings is 1. The van der Waals surface area contributed by atoms with Crippen molar-refractivity contribution in [3.05, 3.63) is 100 Å². The molecule has 192 valence electrons. The summed E-state index contributed by atoms with van der Waals surface area (Å²) in [4.78, 5) is 40.6. The number of Topliss-reactive ketones (excluding diaryl/α,β-unsaturated/α-hetero) is 1. The van der Waals surface area contributed by atoms with E-state index in [9.17, 15) is 18.8 Å². The molecule has 0 unspecified atom stereocenters. The molecule has 0 bridgehead atoms. The lowest BCUT2D eigenvalue weighted by Crippen LogP contribution is -2.49. The van der Waals surface area contributed by atoms with Gasteiger partial charge in [-0.1, -0.05) is 48.0 Å².